The smallest absolute Gasteiger partial charge is 0.224 e. The quantitative estimate of drug-likeness (QED) is 0.655. The van der Waals surface area contributed by atoms with Gasteiger partial charge in [0.15, 0.2) is 0 Å². The van der Waals surface area contributed by atoms with Gasteiger partial charge in [0.2, 0.25) is 11.8 Å². The van der Waals surface area contributed by atoms with Gasteiger partial charge in [-0.05, 0) is 30.5 Å². The number of carbonyl (C=O) groups is 2. The fraction of sp³-hybridized carbons (Fsp3) is 0.429. The van der Waals surface area contributed by atoms with Crippen LogP contribution in [0.5, 0.6) is 0 Å². The Balaban J connectivity index is 1.65. The van der Waals surface area contributed by atoms with E-state index < -0.39 is 0 Å². The molecule has 1 aliphatic rings. The van der Waals surface area contributed by atoms with Gasteiger partial charge in [0.05, 0.1) is 6.42 Å². The minimum absolute atomic E-state index is 0.00626. The van der Waals surface area contributed by atoms with Gasteiger partial charge in [0.25, 0.3) is 0 Å². The lowest BCUT2D eigenvalue weighted by molar-refractivity contribution is -0.122. The molecule has 19 heavy (non-hydrogen) atoms. The highest BCUT2D eigenvalue weighted by atomic mass is 16.2. The Kier molecular flexibility index (Phi) is 4.39. The summed E-state index contributed by atoms with van der Waals surface area (Å²) < 4.78 is 0. The van der Waals surface area contributed by atoms with E-state index in [1.807, 2.05) is 12.1 Å². The minimum atomic E-state index is -0.0928. The average molecular weight is 261 g/mol. The van der Waals surface area contributed by atoms with E-state index in [1.54, 1.807) is 12.1 Å². The van der Waals surface area contributed by atoms with Crippen LogP contribution >= 0.6 is 0 Å². The second kappa shape index (κ2) is 6.22. The van der Waals surface area contributed by atoms with Crippen LogP contribution in [0.2, 0.25) is 0 Å². The Morgan fingerprint density at radius 2 is 2.05 bits per heavy atom. The number of rotatable bonds is 6. The molecule has 1 fully saturated rings. The molecule has 0 spiro atoms. The fourth-order valence-corrected chi connectivity index (χ4v) is 1.79. The number of hydrogen-bond donors (Lipinski definition) is 3. The molecule has 0 unspecified atom stereocenters. The molecule has 1 saturated carbocycles. The van der Waals surface area contributed by atoms with E-state index in [0.717, 1.165) is 18.4 Å². The van der Waals surface area contributed by atoms with Gasteiger partial charge in [0, 0.05) is 24.7 Å². The van der Waals surface area contributed by atoms with Crippen LogP contribution in [0.4, 0.5) is 5.69 Å². The molecular formula is C14H19N3O2. The largest absolute Gasteiger partial charge is 0.399 e. The Hall–Kier alpha value is -2.04. The summed E-state index contributed by atoms with van der Waals surface area (Å²) in [7, 11) is 0. The van der Waals surface area contributed by atoms with Gasteiger partial charge in [0.1, 0.15) is 0 Å². The van der Waals surface area contributed by atoms with Crippen molar-refractivity contribution in [3.05, 3.63) is 29.8 Å². The summed E-state index contributed by atoms with van der Waals surface area (Å²) in [6, 6.07) is 7.61. The number of nitrogens with two attached hydrogens (primary N) is 1. The fourth-order valence-electron chi connectivity index (χ4n) is 1.79. The molecule has 0 bridgehead atoms. The first-order valence-corrected chi connectivity index (χ1v) is 6.54. The van der Waals surface area contributed by atoms with Crippen molar-refractivity contribution in [2.45, 2.75) is 31.7 Å². The normalized spacial score (nSPS) is 13.9. The van der Waals surface area contributed by atoms with Gasteiger partial charge >= 0.3 is 0 Å². The summed E-state index contributed by atoms with van der Waals surface area (Å²) in [6.07, 6.45) is 2.77. The van der Waals surface area contributed by atoms with E-state index in [0.29, 0.717) is 24.7 Å². The Morgan fingerprint density at radius 3 is 2.74 bits per heavy atom. The first-order valence-electron chi connectivity index (χ1n) is 6.54. The van der Waals surface area contributed by atoms with Gasteiger partial charge in [-0.3, -0.25) is 9.59 Å². The average Bonchev–Trinajstić information content (AvgIpc) is 3.12. The predicted octanol–water partition coefficient (Wildman–Crippen LogP) is 0.596. The molecule has 0 aromatic heterocycles. The Morgan fingerprint density at radius 1 is 1.26 bits per heavy atom. The molecule has 5 nitrogen and oxygen atoms in total. The van der Waals surface area contributed by atoms with E-state index in [9.17, 15) is 9.59 Å². The third-order valence-electron chi connectivity index (χ3n) is 2.93. The van der Waals surface area contributed by atoms with E-state index in [2.05, 4.69) is 10.6 Å². The SMILES string of the molecule is Nc1cccc(CC(=O)NCCC(=O)NC2CC2)c1. The maximum absolute atomic E-state index is 11.7. The van der Waals surface area contributed by atoms with Crippen molar-refractivity contribution in [3.8, 4) is 0 Å². The topological polar surface area (TPSA) is 84.2 Å². The molecule has 5 heteroatoms. The second-order valence-electron chi connectivity index (χ2n) is 4.86. The molecule has 4 N–H and O–H groups in total. The van der Waals surface area contributed by atoms with Gasteiger partial charge in [-0.2, -0.15) is 0 Å². The van der Waals surface area contributed by atoms with Crippen molar-refractivity contribution < 1.29 is 9.59 Å². The van der Waals surface area contributed by atoms with E-state index in [4.69, 9.17) is 5.73 Å². The van der Waals surface area contributed by atoms with Crippen molar-refractivity contribution in [2.24, 2.45) is 0 Å². The molecule has 2 rings (SSSR count). The zero-order valence-corrected chi connectivity index (χ0v) is 10.8. The highest BCUT2D eigenvalue weighted by Gasteiger charge is 2.22. The van der Waals surface area contributed by atoms with Crippen LogP contribution in [0.3, 0.4) is 0 Å². The monoisotopic (exact) mass is 261 g/mol. The number of amides is 2. The van der Waals surface area contributed by atoms with E-state index in [-0.39, 0.29) is 18.2 Å². The number of nitrogen functional groups attached to an aromatic ring is 1. The zero-order chi connectivity index (χ0) is 13.7. The summed E-state index contributed by atoms with van der Waals surface area (Å²) in [5.74, 6) is -0.0865. The molecule has 0 aliphatic heterocycles. The van der Waals surface area contributed by atoms with E-state index >= 15 is 0 Å². The molecular weight excluding hydrogens is 242 g/mol. The third kappa shape index (κ3) is 4.99. The lowest BCUT2D eigenvalue weighted by atomic mass is 10.1. The number of carbonyl (C=O) groups excluding carboxylic acids is 2. The first-order chi connectivity index (χ1) is 9.13. The number of benzene rings is 1. The summed E-state index contributed by atoms with van der Waals surface area (Å²) >= 11 is 0. The summed E-state index contributed by atoms with van der Waals surface area (Å²) in [5.41, 5.74) is 7.16. The van der Waals surface area contributed by atoms with E-state index in [1.165, 1.54) is 0 Å². The lowest BCUT2D eigenvalue weighted by Gasteiger charge is -2.06. The summed E-state index contributed by atoms with van der Waals surface area (Å²) in [5, 5.41) is 5.61. The van der Waals surface area contributed by atoms with Gasteiger partial charge in [-0.25, -0.2) is 0 Å². The van der Waals surface area contributed by atoms with Crippen LogP contribution in [0.1, 0.15) is 24.8 Å². The molecule has 102 valence electrons. The molecule has 0 atom stereocenters. The molecule has 0 heterocycles. The molecule has 2 amide bonds. The van der Waals surface area contributed by atoms with Gasteiger partial charge in [-0.1, -0.05) is 12.1 Å². The second-order valence-corrected chi connectivity index (χ2v) is 4.86. The van der Waals surface area contributed by atoms with Crippen molar-refractivity contribution in [2.75, 3.05) is 12.3 Å². The van der Waals surface area contributed by atoms with Gasteiger partial charge < -0.3 is 16.4 Å². The molecule has 0 radical (unpaired) electrons. The van der Waals surface area contributed by atoms with Crippen LogP contribution in [-0.4, -0.2) is 24.4 Å². The molecule has 0 saturated heterocycles. The van der Waals surface area contributed by atoms with Crippen molar-refractivity contribution in [1.29, 1.82) is 0 Å². The third-order valence-corrected chi connectivity index (χ3v) is 2.93. The van der Waals surface area contributed by atoms with Gasteiger partial charge in [-0.15, -0.1) is 0 Å². The van der Waals surface area contributed by atoms with Crippen LogP contribution < -0.4 is 16.4 Å². The summed E-state index contributed by atoms with van der Waals surface area (Å²) in [6.45, 7) is 0.375. The highest BCUT2D eigenvalue weighted by Crippen LogP contribution is 2.18. The van der Waals surface area contributed by atoms with Crippen LogP contribution in [0.15, 0.2) is 24.3 Å². The lowest BCUT2D eigenvalue weighted by Crippen LogP contribution is -2.32. The minimum Gasteiger partial charge on any atom is -0.399 e. The Bertz CT molecular complexity index is 470. The zero-order valence-electron chi connectivity index (χ0n) is 10.8. The Labute approximate surface area is 112 Å². The van der Waals surface area contributed by atoms with Crippen molar-refractivity contribution in [1.82, 2.24) is 10.6 Å². The highest BCUT2D eigenvalue weighted by molar-refractivity contribution is 5.80. The van der Waals surface area contributed by atoms with Crippen molar-refractivity contribution in [3.63, 3.8) is 0 Å². The van der Waals surface area contributed by atoms with Crippen molar-refractivity contribution >= 4 is 17.5 Å². The van der Waals surface area contributed by atoms with Crippen LogP contribution in [0.25, 0.3) is 0 Å². The summed E-state index contributed by atoms with van der Waals surface area (Å²) in [4.78, 5) is 23.1. The molecule has 1 aromatic carbocycles. The molecule has 1 aliphatic carbocycles. The van der Waals surface area contributed by atoms with Crippen LogP contribution in [-0.2, 0) is 16.0 Å². The maximum atomic E-state index is 11.7. The first kappa shape index (κ1) is 13.4. The maximum Gasteiger partial charge on any atom is 0.224 e. The van der Waals surface area contributed by atoms with Crippen LogP contribution in [0, 0.1) is 0 Å². The molecule has 1 aromatic rings. The number of anilines is 1. The number of hydrogen-bond acceptors (Lipinski definition) is 3. The standard InChI is InChI=1S/C14H19N3O2/c15-11-3-1-2-10(8-11)9-14(19)16-7-6-13(18)17-12-4-5-12/h1-3,8,12H,4-7,9,15H2,(H,16,19)(H,17,18). The number of nitrogens with one attached hydrogen (secondary N) is 2. The predicted molar refractivity (Wildman–Crippen MR) is 73.3 cm³/mol.